The summed E-state index contributed by atoms with van der Waals surface area (Å²) < 4.78 is 0. The van der Waals surface area contributed by atoms with Crippen LogP contribution < -0.4 is 11.3 Å². The van der Waals surface area contributed by atoms with Crippen molar-refractivity contribution in [3.63, 3.8) is 0 Å². The molecule has 1 aliphatic rings. The molecule has 3 N–H and O–H groups in total. The maximum absolute atomic E-state index is 5.44. The molecule has 1 unspecified atom stereocenters. The Kier molecular flexibility index (Phi) is 5.47. The zero-order valence-electron chi connectivity index (χ0n) is 10.00. The van der Waals surface area contributed by atoms with Crippen LogP contribution >= 0.6 is 0 Å². The van der Waals surface area contributed by atoms with Gasteiger partial charge in [0, 0.05) is 20.1 Å². The summed E-state index contributed by atoms with van der Waals surface area (Å²) in [5.41, 5.74) is 2.67. The second-order valence-electron chi connectivity index (χ2n) is 4.26. The molecule has 0 saturated carbocycles. The summed E-state index contributed by atoms with van der Waals surface area (Å²) in [6, 6.07) is 0. The molecule has 0 aromatic heterocycles. The van der Waals surface area contributed by atoms with E-state index in [0.717, 1.165) is 25.0 Å². The van der Waals surface area contributed by atoms with Gasteiger partial charge in [-0.3, -0.25) is 10.4 Å². The fourth-order valence-corrected chi connectivity index (χ4v) is 2.37. The Balaban J connectivity index is 2.45. The quantitative estimate of drug-likeness (QED) is 0.314. The Labute approximate surface area is 92.9 Å². The zero-order chi connectivity index (χ0) is 11.1. The van der Waals surface area contributed by atoms with Crippen molar-refractivity contribution >= 4 is 5.96 Å². The van der Waals surface area contributed by atoms with Crippen molar-refractivity contribution in [3.05, 3.63) is 0 Å². The average molecular weight is 212 g/mol. The number of rotatable bonds is 2. The standard InChI is InChI=1S/C11H24N4/c1-3-5-10-6-4-8-15(9-7-10)11(13-2)14-12/h10H,3-9,12H2,1-2H3,(H,13,14). The molecule has 0 aliphatic carbocycles. The molecule has 88 valence electrons. The molecule has 0 spiro atoms. The summed E-state index contributed by atoms with van der Waals surface area (Å²) in [6.07, 6.45) is 6.54. The average Bonchev–Trinajstić information content (AvgIpc) is 2.47. The second-order valence-corrected chi connectivity index (χ2v) is 4.26. The smallest absolute Gasteiger partial charge is 0.208 e. The zero-order valence-corrected chi connectivity index (χ0v) is 10.00. The van der Waals surface area contributed by atoms with Crippen molar-refractivity contribution in [1.82, 2.24) is 10.3 Å². The highest BCUT2D eigenvalue weighted by Gasteiger charge is 2.17. The third-order valence-electron chi connectivity index (χ3n) is 3.19. The maximum Gasteiger partial charge on any atom is 0.208 e. The molecule has 1 rings (SSSR count). The maximum atomic E-state index is 5.44. The minimum atomic E-state index is 0.826. The minimum Gasteiger partial charge on any atom is -0.342 e. The van der Waals surface area contributed by atoms with Crippen LogP contribution in [0, 0.1) is 5.92 Å². The van der Waals surface area contributed by atoms with Gasteiger partial charge >= 0.3 is 0 Å². The fourth-order valence-electron chi connectivity index (χ4n) is 2.37. The lowest BCUT2D eigenvalue weighted by Crippen LogP contribution is -2.45. The van der Waals surface area contributed by atoms with E-state index < -0.39 is 0 Å². The molecule has 0 aromatic carbocycles. The predicted octanol–water partition coefficient (Wildman–Crippen LogP) is 1.34. The lowest BCUT2D eigenvalue weighted by atomic mass is 9.96. The molecule has 0 bridgehead atoms. The Bertz CT molecular complexity index is 203. The number of aliphatic imine (C=N–C) groups is 1. The van der Waals surface area contributed by atoms with E-state index in [9.17, 15) is 0 Å². The Morgan fingerprint density at radius 1 is 1.47 bits per heavy atom. The highest BCUT2D eigenvalue weighted by Crippen LogP contribution is 2.21. The van der Waals surface area contributed by atoms with E-state index in [1.165, 1.54) is 32.1 Å². The molecule has 0 radical (unpaired) electrons. The predicted molar refractivity (Wildman–Crippen MR) is 64.5 cm³/mol. The van der Waals surface area contributed by atoms with Gasteiger partial charge in [-0.2, -0.15) is 0 Å². The summed E-state index contributed by atoms with van der Waals surface area (Å²) >= 11 is 0. The summed E-state index contributed by atoms with van der Waals surface area (Å²) in [4.78, 5) is 6.41. The van der Waals surface area contributed by atoms with Gasteiger partial charge in [-0.05, 0) is 25.2 Å². The Morgan fingerprint density at radius 3 is 2.87 bits per heavy atom. The fraction of sp³-hybridized carbons (Fsp3) is 0.909. The van der Waals surface area contributed by atoms with E-state index >= 15 is 0 Å². The van der Waals surface area contributed by atoms with Crippen molar-refractivity contribution in [2.24, 2.45) is 16.8 Å². The van der Waals surface area contributed by atoms with Gasteiger partial charge in [0.05, 0.1) is 0 Å². The molecular formula is C11H24N4. The normalized spacial score (nSPS) is 23.8. The van der Waals surface area contributed by atoms with E-state index in [1.807, 2.05) is 0 Å². The Hall–Kier alpha value is -0.770. The van der Waals surface area contributed by atoms with Crippen LogP contribution in [0.4, 0.5) is 0 Å². The van der Waals surface area contributed by atoms with E-state index in [-0.39, 0.29) is 0 Å². The van der Waals surface area contributed by atoms with E-state index in [0.29, 0.717) is 0 Å². The van der Waals surface area contributed by atoms with Gasteiger partial charge in [-0.25, -0.2) is 5.84 Å². The molecule has 15 heavy (non-hydrogen) atoms. The first kappa shape index (κ1) is 12.3. The van der Waals surface area contributed by atoms with Crippen LogP contribution in [-0.4, -0.2) is 31.0 Å². The number of hydrazine groups is 1. The Morgan fingerprint density at radius 2 is 2.27 bits per heavy atom. The molecule has 1 fully saturated rings. The van der Waals surface area contributed by atoms with Crippen LogP contribution in [0.15, 0.2) is 4.99 Å². The molecule has 4 heteroatoms. The minimum absolute atomic E-state index is 0.826. The number of likely N-dealkylation sites (tertiary alicyclic amines) is 1. The molecule has 1 atom stereocenters. The van der Waals surface area contributed by atoms with Crippen LogP contribution in [0.3, 0.4) is 0 Å². The van der Waals surface area contributed by atoms with Crippen LogP contribution in [0.2, 0.25) is 0 Å². The number of hydrogen-bond donors (Lipinski definition) is 2. The summed E-state index contributed by atoms with van der Waals surface area (Å²) in [6.45, 7) is 4.43. The highest BCUT2D eigenvalue weighted by atomic mass is 15.4. The van der Waals surface area contributed by atoms with Gasteiger partial charge in [0.2, 0.25) is 5.96 Å². The van der Waals surface area contributed by atoms with Crippen molar-refractivity contribution in [2.45, 2.75) is 39.0 Å². The molecule has 4 nitrogen and oxygen atoms in total. The first-order chi connectivity index (χ1) is 7.31. The van der Waals surface area contributed by atoms with E-state index in [2.05, 4.69) is 22.2 Å². The SMILES string of the molecule is CCCC1CCCN(C(=NC)NN)CC1. The third kappa shape index (κ3) is 3.70. The topological polar surface area (TPSA) is 53.6 Å². The van der Waals surface area contributed by atoms with Crippen molar-refractivity contribution < 1.29 is 0 Å². The molecular weight excluding hydrogens is 188 g/mol. The lowest BCUT2D eigenvalue weighted by Gasteiger charge is -2.23. The van der Waals surface area contributed by atoms with E-state index in [4.69, 9.17) is 5.84 Å². The van der Waals surface area contributed by atoms with Crippen LogP contribution in [-0.2, 0) is 0 Å². The van der Waals surface area contributed by atoms with Gasteiger partial charge < -0.3 is 4.90 Å². The number of nitrogens with two attached hydrogens (primary N) is 1. The van der Waals surface area contributed by atoms with Gasteiger partial charge in [0.25, 0.3) is 0 Å². The first-order valence-electron chi connectivity index (χ1n) is 6.00. The number of guanidine groups is 1. The summed E-state index contributed by atoms with van der Waals surface area (Å²) in [7, 11) is 1.78. The third-order valence-corrected chi connectivity index (χ3v) is 3.19. The second kappa shape index (κ2) is 6.67. The van der Waals surface area contributed by atoms with Crippen LogP contribution in [0.1, 0.15) is 39.0 Å². The van der Waals surface area contributed by atoms with Crippen LogP contribution in [0.25, 0.3) is 0 Å². The molecule has 1 saturated heterocycles. The first-order valence-corrected chi connectivity index (χ1v) is 6.00. The number of nitrogens with zero attached hydrogens (tertiary/aromatic N) is 2. The molecule has 1 aliphatic heterocycles. The monoisotopic (exact) mass is 212 g/mol. The van der Waals surface area contributed by atoms with Crippen molar-refractivity contribution in [2.75, 3.05) is 20.1 Å². The van der Waals surface area contributed by atoms with Gasteiger partial charge in [0.15, 0.2) is 0 Å². The van der Waals surface area contributed by atoms with Crippen LogP contribution in [0.5, 0.6) is 0 Å². The molecule has 1 heterocycles. The summed E-state index contributed by atoms with van der Waals surface area (Å²) in [5.74, 6) is 7.16. The van der Waals surface area contributed by atoms with Gasteiger partial charge in [-0.15, -0.1) is 0 Å². The van der Waals surface area contributed by atoms with E-state index in [1.54, 1.807) is 7.05 Å². The number of nitrogens with one attached hydrogen (secondary N) is 1. The highest BCUT2D eigenvalue weighted by molar-refractivity contribution is 5.79. The molecule has 0 amide bonds. The van der Waals surface area contributed by atoms with Crippen molar-refractivity contribution in [3.8, 4) is 0 Å². The lowest BCUT2D eigenvalue weighted by molar-refractivity contribution is 0.393. The molecule has 0 aromatic rings. The van der Waals surface area contributed by atoms with Crippen molar-refractivity contribution in [1.29, 1.82) is 0 Å². The largest absolute Gasteiger partial charge is 0.342 e. The summed E-state index contributed by atoms with van der Waals surface area (Å²) in [5, 5.41) is 0. The number of hydrogen-bond acceptors (Lipinski definition) is 2. The van der Waals surface area contributed by atoms with Gasteiger partial charge in [0.1, 0.15) is 0 Å². The van der Waals surface area contributed by atoms with Gasteiger partial charge in [-0.1, -0.05) is 19.8 Å².